The van der Waals surface area contributed by atoms with Crippen LogP contribution in [0.2, 0.25) is 0 Å². The van der Waals surface area contributed by atoms with Gasteiger partial charge in [-0.1, -0.05) is 24.3 Å². The van der Waals surface area contributed by atoms with Crippen molar-refractivity contribution in [3.63, 3.8) is 0 Å². The molecule has 1 heterocycles. The summed E-state index contributed by atoms with van der Waals surface area (Å²) >= 11 is 0. The molecule has 1 aromatic rings. The second-order valence-electron chi connectivity index (χ2n) is 5.99. The molecule has 2 aliphatic rings. The molecule has 1 saturated heterocycles. The third-order valence-electron chi connectivity index (χ3n) is 4.51. The highest BCUT2D eigenvalue weighted by atomic mass is 32.2. The highest BCUT2D eigenvalue weighted by Crippen LogP contribution is 2.52. The van der Waals surface area contributed by atoms with Crippen LogP contribution < -0.4 is 5.32 Å². The molecule has 0 aromatic heterocycles. The van der Waals surface area contributed by atoms with Gasteiger partial charge in [-0.3, -0.25) is 4.90 Å². The lowest BCUT2D eigenvalue weighted by molar-refractivity contribution is 0.233. The largest absolute Gasteiger partial charge is 0.314 e. The van der Waals surface area contributed by atoms with Crippen LogP contribution in [0, 0.1) is 0 Å². The first-order chi connectivity index (χ1) is 9.51. The molecule has 1 N–H and O–H groups in total. The summed E-state index contributed by atoms with van der Waals surface area (Å²) in [5.74, 6) is 0. The molecule has 2 fully saturated rings. The average molecular weight is 294 g/mol. The van der Waals surface area contributed by atoms with Crippen molar-refractivity contribution in [2.45, 2.75) is 24.1 Å². The highest BCUT2D eigenvalue weighted by molar-refractivity contribution is 7.92. The first-order valence-corrected chi connectivity index (χ1v) is 9.12. The zero-order valence-electron chi connectivity index (χ0n) is 11.9. The molecule has 0 unspecified atom stereocenters. The lowest BCUT2D eigenvalue weighted by atomic mass is 10.1. The minimum Gasteiger partial charge on any atom is -0.314 e. The van der Waals surface area contributed by atoms with Gasteiger partial charge in [-0.2, -0.15) is 0 Å². The number of sulfone groups is 1. The lowest BCUT2D eigenvalue weighted by Crippen LogP contribution is -2.42. The molecule has 0 bridgehead atoms. The number of hydrogen-bond donors (Lipinski definition) is 1. The van der Waals surface area contributed by atoms with Crippen molar-refractivity contribution < 1.29 is 8.42 Å². The Morgan fingerprint density at radius 3 is 2.25 bits per heavy atom. The maximum absolute atomic E-state index is 11.9. The first kappa shape index (κ1) is 14.0. The van der Waals surface area contributed by atoms with Gasteiger partial charge in [0.05, 0.1) is 4.75 Å². The molecule has 1 aromatic carbocycles. The molecule has 0 spiro atoms. The third kappa shape index (κ3) is 2.62. The number of benzene rings is 1. The summed E-state index contributed by atoms with van der Waals surface area (Å²) in [7, 11) is -3.00. The molecular formula is C15H22N2O2S. The van der Waals surface area contributed by atoms with E-state index in [0.29, 0.717) is 0 Å². The van der Waals surface area contributed by atoms with Crippen LogP contribution >= 0.6 is 0 Å². The van der Waals surface area contributed by atoms with E-state index in [9.17, 15) is 8.42 Å². The Hall–Kier alpha value is -0.910. The fraction of sp³-hybridized carbons (Fsp3) is 0.600. The SMILES string of the molecule is CS(=O)(=O)C1(c2ccc(CN3CCNCC3)cc2)CC1. The summed E-state index contributed by atoms with van der Waals surface area (Å²) in [5, 5.41) is 3.35. The van der Waals surface area contributed by atoms with E-state index in [-0.39, 0.29) is 0 Å². The zero-order valence-corrected chi connectivity index (χ0v) is 12.7. The van der Waals surface area contributed by atoms with Crippen LogP contribution in [0.25, 0.3) is 0 Å². The minimum atomic E-state index is -3.00. The number of piperazine rings is 1. The van der Waals surface area contributed by atoms with E-state index in [0.717, 1.165) is 51.1 Å². The summed E-state index contributed by atoms with van der Waals surface area (Å²) in [6.07, 6.45) is 2.89. The minimum absolute atomic E-state index is 0.583. The van der Waals surface area contributed by atoms with E-state index in [1.165, 1.54) is 11.8 Å². The van der Waals surface area contributed by atoms with E-state index in [1.54, 1.807) is 0 Å². The smallest absolute Gasteiger partial charge is 0.157 e. The highest BCUT2D eigenvalue weighted by Gasteiger charge is 2.53. The van der Waals surface area contributed by atoms with Crippen LogP contribution in [0.15, 0.2) is 24.3 Å². The molecular weight excluding hydrogens is 272 g/mol. The first-order valence-electron chi connectivity index (χ1n) is 7.23. The molecule has 1 aliphatic heterocycles. The van der Waals surface area contributed by atoms with Gasteiger partial charge in [0, 0.05) is 39.0 Å². The van der Waals surface area contributed by atoms with Gasteiger partial charge in [-0.25, -0.2) is 8.42 Å². The second-order valence-corrected chi connectivity index (χ2v) is 8.32. The molecule has 0 atom stereocenters. The van der Waals surface area contributed by atoms with E-state index in [1.807, 2.05) is 12.1 Å². The van der Waals surface area contributed by atoms with E-state index < -0.39 is 14.6 Å². The van der Waals surface area contributed by atoms with E-state index >= 15 is 0 Å². The van der Waals surface area contributed by atoms with Crippen LogP contribution in [0.4, 0.5) is 0 Å². The molecule has 4 nitrogen and oxygen atoms in total. The number of rotatable bonds is 4. The summed E-state index contributed by atoms with van der Waals surface area (Å²) in [6, 6.07) is 8.18. The molecule has 0 radical (unpaired) electrons. The number of nitrogens with zero attached hydrogens (tertiary/aromatic N) is 1. The Morgan fingerprint density at radius 2 is 1.75 bits per heavy atom. The average Bonchev–Trinajstić information content (AvgIpc) is 3.22. The third-order valence-corrected chi connectivity index (χ3v) is 6.57. The van der Waals surface area contributed by atoms with Crippen molar-refractivity contribution in [1.82, 2.24) is 10.2 Å². The molecule has 110 valence electrons. The Bertz CT molecular complexity index is 570. The van der Waals surface area contributed by atoms with Crippen molar-refractivity contribution in [1.29, 1.82) is 0 Å². The molecule has 5 heteroatoms. The number of hydrogen-bond acceptors (Lipinski definition) is 4. The van der Waals surface area contributed by atoms with Gasteiger partial charge in [0.1, 0.15) is 0 Å². The topological polar surface area (TPSA) is 49.4 Å². The maximum Gasteiger partial charge on any atom is 0.157 e. The van der Waals surface area contributed by atoms with Crippen LogP contribution in [-0.4, -0.2) is 45.8 Å². The Kier molecular flexibility index (Phi) is 3.60. The van der Waals surface area contributed by atoms with E-state index in [4.69, 9.17) is 0 Å². The molecule has 1 aliphatic carbocycles. The van der Waals surface area contributed by atoms with Crippen molar-refractivity contribution in [2.75, 3.05) is 32.4 Å². The summed E-state index contributed by atoms with van der Waals surface area (Å²) in [6.45, 7) is 5.21. The van der Waals surface area contributed by atoms with Gasteiger partial charge in [0.2, 0.25) is 0 Å². The molecule has 3 rings (SSSR count). The Balaban J connectivity index is 1.72. The normalized spacial score (nSPS) is 22.6. The monoisotopic (exact) mass is 294 g/mol. The fourth-order valence-corrected chi connectivity index (χ4v) is 4.44. The van der Waals surface area contributed by atoms with Gasteiger partial charge < -0.3 is 5.32 Å². The lowest BCUT2D eigenvalue weighted by Gasteiger charge is -2.27. The number of nitrogens with one attached hydrogen (secondary N) is 1. The zero-order chi connectivity index (χ0) is 14.2. The van der Waals surface area contributed by atoms with Gasteiger partial charge in [0.15, 0.2) is 9.84 Å². The standard InChI is InChI=1S/C15H22N2O2S/c1-20(18,19)15(6-7-15)14-4-2-13(3-5-14)12-17-10-8-16-9-11-17/h2-5,16H,6-12H2,1H3. The van der Waals surface area contributed by atoms with Gasteiger partial charge in [-0.05, 0) is 24.0 Å². The fourth-order valence-electron chi connectivity index (χ4n) is 3.03. The van der Waals surface area contributed by atoms with Crippen molar-refractivity contribution in [3.8, 4) is 0 Å². The quantitative estimate of drug-likeness (QED) is 0.904. The summed E-state index contributed by atoms with van der Waals surface area (Å²) in [4.78, 5) is 2.43. The Morgan fingerprint density at radius 1 is 1.15 bits per heavy atom. The van der Waals surface area contributed by atoms with Crippen LogP contribution in [0.1, 0.15) is 24.0 Å². The molecule has 1 saturated carbocycles. The predicted octanol–water partition coefficient (Wildman–Crippen LogP) is 1.13. The van der Waals surface area contributed by atoms with Crippen molar-refractivity contribution in [3.05, 3.63) is 35.4 Å². The van der Waals surface area contributed by atoms with E-state index in [2.05, 4.69) is 22.3 Å². The van der Waals surface area contributed by atoms with Gasteiger partial charge in [0.25, 0.3) is 0 Å². The van der Waals surface area contributed by atoms with Gasteiger partial charge in [-0.15, -0.1) is 0 Å². The maximum atomic E-state index is 11.9. The summed E-state index contributed by atoms with van der Waals surface area (Å²) in [5.41, 5.74) is 2.23. The van der Waals surface area contributed by atoms with Crippen molar-refractivity contribution in [2.24, 2.45) is 0 Å². The molecule has 20 heavy (non-hydrogen) atoms. The van der Waals surface area contributed by atoms with Crippen LogP contribution in [0.3, 0.4) is 0 Å². The Labute approximate surface area is 121 Å². The predicted molar refractivity (Wildman–Crippen MR) is 80.3 cm³/mol. The van der Waals surface area contributed by atoms with Gasteiger partial charge >= 0.3 is 0 Å². The second kappa shape index (κ2) is 5.13. The van der Waals surface area contributed by atoms with Crippen molar-refractivity contribution >= 4 is 9.84 Å². The molecule has 0 amide bonds. The van der Waals surface area contributed by atoms with Crippen LogP contribution in [0.5, 0.6) is 0 Å². The summed E-state index contributed by atoms with van der Waals surface area (Å²) < 4.78 is 23.2. The van der Waals surface area contributed by atoms with Crippen LogP contribution in [-0.2, 0) is 21.1 Å².